The van der Waals surface area contributed by atoms with Gasteiger partial charge in [0.2, 0.25) is 11.7 Å². The Labute approximate surface area is 152 Å². The van der Waals surface area contributed by atoms with Crippen molar-refractivity contribution >= 4 is 18.3 Å². The number of benzene rings is 1. The van der Waals surface area contributed by atoms with Gasteiger partial charge in [-0.15, -0.1) is 12.4 Å². The summed E-state index contributed by atoms with van der Waals surface area (Å²) in [7, 11) is 1.66. The van der Waals surface area contributed by atoms with Crippen LogP contribution in [0.1, 0.15) is 35.0 Å². The molecule has 1 aromatic carbocycles. The number of methoxy groups -OCH3 is 1. The maximum Gasteiger partial charge on any atom is 0.251 e. The molecule has 2 N–H and O–H groups in total. The molecule has 0 bridgehead atoms. The molecule has 0 spiro atoms. The number of halogens is 1. The molecule has 0 aliphatic heterocycles. The second-order valence-corrected chi connectivity index (χ2v) is 5.81. The average Bonchev–Trinajstić information content (AvgIpc) is 3.35. The van der Waals surface area contributed by atoms with Crippen LogP contribution in [0.4, 0.5) is 0 Å². The van der Waals surface area contributed by atoms with Gasteiger partial charge in [-0.1, -0.05) is 17.3 Å². The van der Waals surface area contributed by atoms with Crippen molar-refractivity contribution in [2.75, 3.05) is 33.4 Å². The van der Waals surface area contributed by atoms with Gasteiger partial charge in [0.15, 0.2) is 0 Å². The number of aromatic nitrogens is 2. The van der Waals surface area contributed by atoms with Gasteiger partial charge >= 0.3 is 0 Å². The topological polar surface area (TPSA) is 89.3 Å². The van der Waals surface area contributed by atoms with Gasteiger partial charge in [0, 0.05) is 43.8 Å². The normalized spacial score (nSPS) is 13.3. The molecular weight excluding hydrogens is 344 g/mol. The molecule has 1 amide bonds. The number of amides is 1. The van der Waals surface area contributed by atoms with Crippen molar-refractivity contribution in [3.63, 3.8) is 0 Å². The summed E-state index contributed by atoms with van der Waals surface area (Å²) in [6.07, 6.45) is 2.23. The minimum Gasteiger partial charge on any atom is -0.383 e. The Morgan fingerprint density at radius 1 is 1.32 bits per heavy atom. The summed E-state index contributed by atoms with van der Waals surface area (Å²) < 4.78 is 10.2. The molecule has 1 saturated carbocycles. The van der Waals surface area contributed by atoms with E-state index in [2.05, 4.69) is 20.8 Å². The Kier molecular flexibility index (Phi) is 7.36. The van der Waals surface area contributed by atoms with Crippen LogP contribution in [0, 0.1) is 0 Å². The lowest BCUT2D eigenvalue weighted by molar-refractivity contribution is 0.0953. The van der Waals surface area contributed by atoms with Crippen LogP contribution in [-0.2, 0) is 4.74 Å². The van der Waals surface area contributed by atoms with E-state index in [1.165, 1.54) is 0 Å². The quantitative estimate of drug-likeness (QED) is 0.660. The molecule has 1 aliphatic carbocycles. The summed E-state index contributed by atoms with van der Waals surface area (Å²) >= 11 is 0. The molecule has 2 aromatic rings. The van der Waals surface area contributed by atoms with E-state index in [0.29, 0.717) is 42.9 Å². The Morgan fingerprint density at radius 3 is 2.92 bits per heavy atom. The molecule has 7 nitrogen and oxygen atoms in total. The first-order valence-corrected chi connectivity index (χ1v) is 8.20. The molecule has 0 radical (unpaired) electrons. The number of hydrogen-bond donors (Lipinski definition) is 2. The molecule has 1 aromatic heterocycles. The summed E-state index contributed by atoms with van der Waals surface area (Å²) in [6.45, 7) is 2.68. The van der Waals surface area contributed by atoms with Crippen molar-refractivity contribution in [3.8, 4) is 11.4 Å². The number of rotatable bonds is 9. The Balaban J connectivity index is 0.00000225. The van der Waals surface area contributed by atoms with E-state index in [1.807, 2.05) is 12.1 Å². The number of ether oxygens (including phenoxy) is 1. The summed E-state index contributed by atoms with van der Waals surface area (Å²) in [5, 5.41) is 10.1. The summed E-state index contributed by atoms with van der Waals surface area (Å²) in [5.74, 6) is 1.54. The zero-order valence-corrected chi connectivity index (χ0v) is 15.0. The molecule has 3 rings (SSSR count). The van der Waals surface area contributed by atoms with E-state index in [9.17, 15) is 4.79 Å². The zero-order chi connectivity index (χ0) is 16.8. The second-order valence-electron chi connectivity index (χ2n) is 5.81. The SMILES string of the molecule is COCCNCCNC(=O)c1cccc(-c2noc(C3CC3)n2)c1.Cl. The monoisotopic (exact) mass is 366 g/mol. The molecule has 1 heterocycles. The van der Waals surface area contributed by atoms with Gasteiger partial charge in [-0.05, 0) is 25.0 Å². The molecule has 0 atom stereocenters. The molecule has 136 valence electrons. The first-order valence-electron chi connectivity index (χ1n) is 8.20. The highest BCUT2D eigenvalue weighted by atomic mass is 35.5. The van der Waals surface area contributed by atoms with Crippen molar-refractivity contribution in [1.29, 1.82) is 0 Å². The first-order chi connectivity index (χ1) is 11.8. The third kappa shape index (κ3) is 5.52. The highest BCUT2D eigenvalue weighted by Gasteiger charge is 2.29. The van der Waals surface area contributed by atoms with Crippen molar-refractivity contribution < 1.29 is 14.1 Å². The maximum atomic E-state index is 12.2. The minimum atomic E-state index is -0.115. The zero-order valence-electron chi connectivity index (χ0n) is 14.2. The fraction of sp³-hybridized carbons (Fsp3) is 0.471. The second kappa shape index (κ2) is 9.50. The van der Waals surface area contributed by atoms with Crippen molar-refractivity contribution in [1.82, 2.24) is 20.8 Å². The van der Waals surface area contributed by atoms with Crippen LogP contribution in [0.25, 0.3) is 11.4 Å². The van der Waals surface area contributed by atoms with Crippen LogP contribution in [0.2, 0.25) is 0 Å². The number of carbonyl (C=O) groups excluding carboxylic acids is 1. The van der Waals surface area contributed by atoms with Crippen LogP contribution < -0.4 is 10.6 Å². The largest absolute Gasteiger partial charge is 0.383 e. The van der Waals surface area contributed by atoms with Gasteiger partial charge in [-0.3, -0.25) is 4.79 Å². The van der Waals surface area contributed by atoms with Gasteiger partial charge in [0.25, 0.3) is 5.91 Å². The van der Waals surface area contributed by atoms with Crippen LogP contribution >= 0.6 is 12.4 Å². The van der Waals surface area contributed by atoms with Crippen molar-refractivity contribution in [2.45, 2.75) is 18.8 Å². The van der Waals surface area contributed by atoms with E-state index in [0.717, 1.165) is 24.9 Å². The van der Waals surface area contributed by atoms with Gasteiger partial charge in [0.05, 0.1) is 6.61 Å². The predicted molar refractivity (Wildman–Crippen MR) is 96.0 cm³/mol. The molecule has 0 unspecified atom stereocenters. The number of nitrogens with one attached hydrogen (secondary N) is 2. The van der Waals surface area contributed by atoms with Gasteiger partial charge in [0.1, 0.15) is 0 Å². The highest BCUT2D eigenvalue weighted by molar-refractivity contribution is 5.95. The Hall–Kier alpha value is -1.96. The summed E-state index contributed by atoms with van der Waals surface area (Å²) in [6, 6.07) is 7.27. The molecule has 25 heavy (non-hydrogen) atoms. The van der Waals surface area contributed by atoms with Crippen molar-refractivity contribution in [3.05, 3.63) is 35.7 Å². The van der Waals surface area contributed by atoms with Crippen LogP contribution in [0.15, 0.2) is 28.8 Å². The summed E-state index contributed by atoms with van der Waals surface area (Å²) in [5.41, 5.74) is 1.37. The van der Waals surface area contributed by atoms with E-state index in [4.69, 9.17) is 9.26 Å². The Bertz CT molecular complexity index is 688. The van der Waals surface area contributed by atoms with E-state index in [-0.39, 0.29) is 18.3 Å². The third-order valence-corrected chi connectivity index (χ3v) is 3.82. The molecule has 1 fully saturated rings. The molecule has 0 saturated heterocycles. The predicted octanol–water partition coefficient (Wildman–Crippen LogP) is 2.00. The smallest absolute Gasteiger partial charge is 0.251 e. The fourth-order valence-corrected chi connectivity index (χ4v) is 2.31. The lowest BCUT2D eigenvalue weighted by Crippen LogP contribution is -2.33. The minimum absolute atomic E-state index is 0. The van der Waals surface area contributed by atoms with Crippen LogP contribution in [-0.4, -0.2) is 49.4 Å². The van der Waals surface area contributed by atoms with Gasteiger partial charge in [-0.25, -0.2) is 0 Å². The van der Waals surface area contributed by atoms with E-state index < -0.39 is 0 Å². The van der Waals surface area contributed by atoms with Crippen LogP contribution in [0.5, 0.6) is 0 Å². The van der Waals surface area contributed by atoms with Crippen LogP contribution in [0.3, 0.4) is 0 Å². The van der Waals surface area contributed by atoms with E-state index in [1.54, 1.807) is 19.2 Å². The molecule has 1 aliphatic rings. The van der Waals surface area contributed by atoms with E-state index >= 15 is 0 Å². The summed E-state index contributed by atoms with van der Waals surface area (Å²) in [4.78, 5) is 16.6. The maximum absolute atomic E-state index is 12.2. The average molecular weight is 367 g/mol. The lowest BCUT2D eigenvalue weighted by atomic mass is 10.1. The number of nitrogens with zero attached hydrogens (tertiary/aromatic N) is 2. The lowest BCUT2D eigenvalue weighted by Gasteiger charge is -2.07. The van der Waals surface area contributed by atoms with Crippen molar-refractivity contribution in [2.24, 2.45) is 0 Å². The highest BCUT2D eigenvalue weighted by Crippen LogP contribution is 2.39. The third-order valence-electron chi connectivity index (χ3n) is 3.82. The molecule has 8 heteroatoms. The standard InChI is InChI=1S/C17H22N4O3.ClH/c1-23-10-9-18-7-8-19-16(22)14-4-2-3-13(11-14)15-20-17(24-21-15)12-5-6-12;/h2-4,11-12,18H,5-10H2,1H3,(H,19,22);1H. The van der Waals surface area contributed by atoms with Gasteiger partial charge < -0.3 is 19.9 Å². The molecular formula is C17H23ClN4O3. The van der Waals surface area contributed by atoms with Gasteiger partial charge in [-0.2, -0.15) is 4.98 Å². The first kappa shape index (κ1) is 19.4. The number of hydrogen-bond acceptors (Lipinski definition) is 6. The fourth-order valence-electron chi connectivity index (χ4n) is 2.31. The Morgan fingerprint density at radius 2 is 2.16 bits per heavy atom. The number of carbonyl (C=O) groups is 1.